The number of hydrogen-bond acceptors (Lipinski definition) is 5. The Morgan fingerprint density at radius 3 is 2.83 bits per heavy atom. The molecule has 1 fully saturated rings. The fourth-order valence-electron chi connectivity index (χ4n) is 2.70. The molecule has 0 saturated heterocycles. The number of nitrogens with one attached hydrogen (secondary N) is 1. The number of benzene rings is 1. The van der Waals surface area contributed by atoms with Crippen molar-refractivity contribution in [2.45, 2.75) is 42.2 Å². The lowest BCUT2D eigenvalue weighted by atomic mass is 10.3. The van der Waals surface area contributed by atoms with Crippen molar-refractivity contribution in [2.24, 2.45) is 5.73 Å². The van der Waals surface area contributed by atoms with Crippen LogP contribution in [-0.4, -0.2) is 22.7 Å². The lowest BCUT2D eigenvalue weighted by molar-refractivity contribution is 0.102. The maximum atomic E-state index is 12.4. The Labute approximate surface area is 157 Å². The number of carbonyl (C=O) groups is 1. The summed E-state index contributed by atoms with van der Waals surface area (Å²) in [4.78, 5) is 17.9. The van der Waals surface area contributed by atoms with E-state index in [2.05, 4.69) is 16.4 Å². The van der Waals surface area contributed by atoms with Crippen LogP contribution >= 0.6 is 35.5 Å². The molecule has 1 saturated carbocycles. The molecule has 130 valence electrons. The predicted molar refractivity (Wildman–Crippen MR) is 105 cm³/mol. The highest BCUT2D eigenvalue weighted by Crippen LogP contribution is 2.38. The number of nitrogens with two attached hydrogens (primary N) is 1. The molecule has 1 aliphatic carbocycles. The van der Waals surface area contributed by atoms with Crippen molar-refractivity contribution >= 4 is 47.1 Å². The summed E-state index contributed by atoms with van der Waals surface area (Å²) in [5.74, 6) is -0.149. The first-order valence-electron chi connectivity index (χ1n) is 7.98. The molecule has 0 atom stereocenters. The Balaban J connectivity index is 0.00000208. The van der Waals surface area contributed by atoms with Gasteiger partial charge in [0.25, 0.3) is 5.91 Å². The van der Waals surface area contributed by atoms with Crippen LogP contribution in [0.4, 0.5) is 5.69 Å². The SMILES string of the molecule is Cl.NCCc1nc(C(=O)Nc2ccccc2SC2CCCC2)cs1. The normalized spacial score (nSPS) is 14.4. The molecule has 0 aliphatic heterocycles. The zero-order chi connectivity index (χ0) is 16.1. The molecule has 3 N–H and O–H groups in total. The van der Waals surface area contributed by atoms with Crippen molar-refractivity contribution in [3.63, 3.8) is 0 Å². The molecule has 1 aliphatic rings. The number of anilines is 1. The van der Waals surface area contributed by atoms with Gasteiger partial charge in [-0.1, -0.05) is 25.0 Å². The quantitative estimate of drug-likeness (QED) is 0.777. The van der Waals surface area contributed by atoms with E-state index in [1.165, 1.54) is 37.0 Å². The maximum Gasteiger partial charge on any atom is 0.275 e. The van der Waals surface area contributed by atoms with Crippen LogP contribution in [0, 0.1) is 0 Å². The Hall–Kier alpha value is -1.08. The standard InChI is InChI=1S/C17H21N3OS2.ClH/c18-10-9-16-19-14(11-22-16)17(21)20-13-7-3-4-8-15(13)23-12-5-1-2-6-12;/h3-4,7-8,11-12H,1-2,5-6,9-10,18H2,(H,20,21);1H. The number of carbonyl (C=O) groups excluding carboxylic acids is 1. The molecule has 1 aromatic carbocycles. The van der Waals surface area contributed by atoms with Crippen molar-refractivity contribution in [1.29, 1.82) is 0 Å². The lowest BCUT2D eigenvalue weighted by Crippen LogP contribution is -2.13. The molecule has 1 aromatic heterocycles. The summed E-state index contributed by atoms with van der Waals surface area (Å²) in [5, 5.41) is 6.39. The van der Waals surface area contributed by atoms with Gasteiger partial charge in [0, 0.05) is 21.9 Å². The van der Waals surface area contributed by atoms with E-state index < -0.39 is 0 Å². The first kappa shape index (κ1) is 19.2. The third-order valence-electron chi connectivity index (χ3n) is 3.87. The van der Waals surface area contributed by atoms with Crippen LogP contribution in [0.3, 0.4) is 0 Å². The number of amides is 1. The summed E-state index contributed by atoms with van der Waals surface area (Å²) in [6.07, 6.45) is 5.87. The van der Waals surface area contributed by atoms with Gasteiger partial charge in [-0.05, 0) is 31.5 Å². The number of rotatable bonds is 6. The van der Waals surface area contributed by atoms with Gasteiger partial charge in [-0.3, -0.25) is 4.79 Å². The second kappa shape index (κ2) is 9.42. The number of halogens is 1. The van der Waals surface area contributed by atoms with Crippen LogP contribution in [-0.2, 0) is 6.42 Å². The molecule has 1 amide bonds. The Morgan fingerprint density at radius 2 is 2.08 bits per heavy atom. The van der Waals surface area contributed by atoms with Crippen LogP contribution in [0.2, 0.25) is 0 Å². The third kappa shape index (κ3) is 4.96. The molecule has 2 aromatic rings. The predicted octanol–water partition coefficient (Wildman–Crippen LogP) is 4.35. The van der Waals surface area contributed by atoms with Crippen LogP contribution < -0.4 is 11.1 Å². The number of thioether (sulfide) groups is 1. The molecule has 0 spiro atoms. The summed E-state index contributed by atoms with van der Waals surface area (Å²) in [6.45, 7) is 0.551. The van der Waals surface area contributed by atoms with E-state index in [-0.39, 0.29) is 18.3 Å². The van der Waals surface area contributed by atoms with Gasteiger partial charge in [0.1, 0.15) is 5.69 Å². The monoisotopic (exact) mass is 383 g/mol. The zero-order valence-corrected chi connectivity index (χ0v) is 15.8. The highest BCUT2D eigenvalue weighted by atomic mass is 35.5. The number of hydrogen-bond donors (Lipinski definition) is 2. The highest BCUT2D eigenvalue weighted by molar-refractivity contribution is 8.00. The summed E-state index contributed by atoms with van der Waals surface area (Å²) >= 11 is 3.37. The Bertz CT molecular complexity index is 671. The molecule has 24 heavy (non-hydrogen) atoms. The minimum Gasteiger partial charge on any atom is -0.330 e. The van der Waals surface area contributed by atoms with E-state index >= 15 is 0 Å². The summed E-state index contributed by atoms with van der Waals surface area (Å²) in [7, 11) is 0. The molecule has 0 radical (unpaired) electrons. The van der Waals surface area contributed by atoms with E-state index in [1.807, 2.05) is 30.0 Å². The first-order valence-corrected chi connectivity index (χ1v) is 9.73. The number of thiazole rings is 1. The fraction of sp³-hybridized carbons (Fsp3) is 0.412. The largest absolute Gasteiger partial charge is 0.330 e. The van der Waals surface area contributed by atoms with Gasteiger partial charge >= 0.3 is 0 Å². The van der Waals surface area contributed by atoms with E-state index in [4.69, 9.17) is 5.73 Å². The van der Waals surface area contributed by atoms with Gasteiger partial charge in [0.05, 0.1) is 10.7 Å². The van der Waals surface area contributed by atoms with Crippen molar-refractivity contribution < 1.29 is 4.79 Å². The Morgan fingerprint density at radius 1 is 1.33 bits per heavy atom. The molecule has 4 nitrogen and oxygen atoms in total. The van der Waals surface area contributed by atoms with Gasteiger partial charge in [-0.15, -0.1) is 35.5 Å². The molecule has 3 rings (SSSR count). The smallest absolute Gasteiger partial charge is 0.275 e. The molecular weight excluding hydrogens is 362 g/mol. The van der Waals surface area contributed by atoms with Crippen molar-refractivity contribution in [1.82, 2.24) is 4.98 Å². The van der Waals surface area contributed by atoms with E-state index in [0.717, 1.165) is 15.6 Å². The van der Waals surface area contributed by atoms with Gasteiger partial charge in [0.2, 0.25) is 0 Å². The van der Waals surface area contributed by atoms with Crippen LogP contribution in [0.25, 0.3) is 0 Å². The number of aromatic nitrogens is 1. The number of nitrogens with zero attached hydrogens (tertiary/aromatic N) is 1. The third-order valence-corrected chi connectivity index (χ3v) is 6.20. The minimum absolute atomic E-state index is 0. The van der Waals surface area contributed by atoms with Crippen LogP contribution in [0.1, 0.15) is 41.2 Å². The van der Waals surface area contributed by atoms with Crippen molar-refractivity contribution in [2.75, 3.05) is 11.9 Å². The second-order valence-electron chi connectivity index (χ2n) is 5.64. The fourth-order valence-corrected chi connectivity index (χ4v) is 4.82. The summed E-state index contributed by atoms with van der Waals surface area (Å²) in [5.41, 5.74) is 6.88. The average Bonchev–Trinajstić information content (AvgIpc) is 3.21. The van der Waals surface area contributed by atoms with Gasteiger partial charge in [0.15, 0.2) is 0 Å². The molecule has 1 heterocycles. The molecule has 7 heteroatoms. The number of para-hydroxylation sites is 1. The van der Waals surface area contributed by atoms with Gasteiger partial charge in [-0.25, -0.2) is 4.98 Å². The highest BCUT2D eigenvalue weighted by Gasteiger charge is 2.19. The van der Waals surface area contributed by atoms with E-state index in [1.54, 1.807) is 5.38 Å². The average molecular weight is 384 g/mol. The van der Waals surface area contributed by atoms with Gasteiger partial charge < -0.3 is 11.1 Å². The zero-order valence-electron chi connectivity index (χ0n) is 13.4. The Kier molecular flexibility index (Phi) is 7.55. The maximum absolute atomic E-state index is 12.4. The summed E-state index contributed by atoms with van der Waals surface area (Å²) in [6, 6.07) is 8.02. The lowest BCUT2D eigenvalue weighted by Gasteiger charge is -2.13. The van der Waals surface area contributed by atoms with Crippen LogP contribution in [0.15, 0.2) is 34.5 Å². The van der Waals surface area contributed by atoms with Crippen LogP contribution in [0.5, 0.6) is 0 Å². The minimum atomic E-state index is -0.149. The second-order valence-corrected chi connectivity index (χ2v) is 7.92. The van der Waals surface area contributed by atoms with Crippen molar-refractivity contribution in [3.8, 4) is 0 Å². The summed E-state index contributed by atoms with van der Waals surface area (Å²) < 4.78 is 0. The van der Waals surface area contributed by atoms with Gasteiger partial charge in [-0.2, -0.15) is 0 Å². The van der Waals surface area contributed by atoms with E-state index in [9.17, 15) is 4.79 Å². The van der Waals surface area contributed by atoms with E-state index in [0.29, 0.717) is 23.9 Å². The topological polar surface area (TPSA) is 68.0 Å². The molecular formula is C17H22ClN3OS2. The van der Waals surface area contributed by atoms with Crippen molar-refractivity contribution in [3.05, 3.63) is 40.3 Å². The first-order chi connectivity index (χ1) is 11.3. The molecule has 0 unspecified atom stereocenters. The molecule has 0 bridgehead atoms.